The van der Waals surface area contributed by atoms with E-state index in [0.29, 0.717) is 24.7 Å². The van der Waals surface area contributed by atoms with Gasteiger partial charge in [-0.1, -0.05) is 17.3 Å². The molecule has 1 fully saturated rings. The molecule has 0 aliphatic heterocycles. The van der Waals surface area contributed by atoms with E-state index in [1.165, 1.54) is 6.42 Å². The number of carbonyl (C=O) groups is 1. The summed E-state index contributed by atoms with van der Waals surface area (Å²) in [6, 6.07) is 9.90. The van der Waals surface area contributed by atoms with Crippen molar-refractivity contribution < 1.29 is 9.32 Å². The Morgan fingerprint density at radius 2 is 2.17 bits per heavy atom. The summed E-state index contributed by atoms with van der Waals surface area (Å²) in [6.45, 7) is 0.519. The predicted molar refractivity (Wildman–Crippen MR) is 85.2 cm³/mol. The molecule has 0 radical (unpaired) electrons. The largest absolute Gasteiger partial charge is 0.356 e. The van der Waals surface area contributed by atoms with Gasteiger partial charge in [0, 0.05) is 24.5 Å². The molecule has 4 rings (SSSR count). The van der Waals surface area contributed by atoms with Gasteiger partial charge in [-0.15, -0.1) is 0 Å². The molecule has 0 saturated heterocycles. The summed E-state index contributed by atoms with van der Waals surface area (Å²) >= 11 is 0. The molecular formula is C17H18N4O2. The van der Waals surface area contributed by atoms with Crippen molar-refractivity contribution in [3.05, 3.63) is 47.9 Å². The fraction of sp³-hybridized carbons (Fsp3) is 0.353. The Kier molecular flexibility index (Phi) is 3.57. The summed E-state index contributed by atoms with van der Waals surface area (Å²) in [4.78, 5) is 12.3. The number of amides is 1. The number of nitrogens with zero attached hydrogens (tertiary/aromatic N) is 3. The fourth-order valence-electron chi connectivity index (χ4n) is 2.92. The van der Waals surface area contributed by atoms with Crippen LogP contribution in [0.4, 0.5) is 0 Å². The van der Waals surface area contributed by atoms with Gasteiger partial charge in [-0.25, -0.2) is 0 Å². The maximum atomic E-state index is 12.3. The zero-order valence-corrected chi connectivity index (χ0v) is 12.7. The topological polar surface area (TPSA) is 73.0 Å². The number of benzene rings is 1. The van der Waals surface area contributed by atoms with Crippen molar-refractivity contribution in [1.82, 2.24) is 20.3 Å². The van der Waals surface area contributed by atoms with Crippen molar-refractivity contribution in [1.29, 1.82) is 0 Å². The summed E-state index contributed by atoms with van der Waals surface area (Å²) in [5.41, 5.74) is 2.28. The maximum Gasteiger partial charge on any atom is 0.269 e. The lowest BCUT2D eigenvalue weighted by Crippen LogP contribution is -2.30. The van der Waals surface area contributed by atoms with Gasteiger partial charge in [-0.05, 0) is 37.5 Å². The minimum Gasteiger partial charge on any atom is -0.356 e. The lowest BCUT2D eigenvalue weighted by molar-refractivity contribution is 0.0935. The summed E-state index contributed by atoms with van der Waals surface area (Å²) in [5, 5.41) is 12.3. The number of hydrogen-bond donors (Lipinski definition) is 1. The van der Waals surface area contributed by atoms with E-state index in [2.05, 4.69) is 15.6 Å². The van der Waals surface area contributed by atoms with E-state index in [9.17, 15) is 4.79 Å². The van der Waals surface area contributed by atoms with Crippen LogP contribution in [0.2, 0.25) is 0 Å². The van der Waals surface area contributed by atoms with Crippen molar-refractivity contribution in [2.75, 3.05) is 6.54 Å². The molecule has 118 valence electrons. The first-order chi connectivity index (χ1) is 11.3. The number of carbonyl (C=O) groups excluding carboxylic acids is 1. The lowest BCUT2D eigenvalue weighted by atomic mass is 9.93. The molecule has 2 aromatic heterocycles. The van der Waals surface area contributed by atoms with Gasteiger partial charge in [0.2, 0.25) is 0 Å². The van der Waals surface area contributed by atoms with Crippen LogP contribution in [0.5, 0.6) is 0 Å². The van der Waals surface area contributed by atoms with E-state index in [-0.39, 0.29) is 5.91 Å². The van der Waals surface area contributed by atoms with E-state index in [1.54, 1.807) is 12.3 Å². The summed E-state index contributed by atoms with van der Waals surface area (Å²) < 4.78 is 7.13. The average Bonchev–Trinajstić information content (AvgIpc) is 3.13. The van der Waals surface area contributed by atoms with Gasteiger partial charge in [0.05, 0.1) is 11.7 Å². The Labute approximate surface area is 133 Å². The van der Waals surface area contributed by atoms with Crippen molar-refractivity contribution >= 4 is 16.9 Å². The second-order valence-electron chi connectivity index (χ2n) is 5.88. The Morgan fingerprint density at radius 3 is 3.00 bits per heavy atom. The molecule has 2 heterocycles. The Hall–Kier alpha value is -2.63. The summed E-state index contributed by atoms with van der Waals surface area (Å²) in [5.74, 6) is -0.0813. The molecule has 0 atom stereocenters. The SMILES string of the molecule is O=C(NCCc1noc2ccccc12)c1ccnn1C1CCC1. The summed E-state index contributed by atoms with van der Waals surface area (Å²) in [6.07, 6.45) is 5.75. The number of aromatic nitrogens is 3. The molecule has 1 N–H and O–H groups in total. The second-order valence-corrected chi connectivity index (χ2v) is 5.88. The third kappa shape index (κ3) is 2.60. The number of para-hydroxylation sites is 1. The molecule has 6 heteroatoms. The van der Waals surface area contributed by atoms with Crippen LogP contribution in [0.25, 0.3) is 11.0 Å². The first-order valence-electron chi connectivity index (χ1n) is 7.98. The highest BCUT2D eigenvalue weighted by atomic mass is 16.5. The monoisotopic (exact) mass is 310 g/mol. The van der Waals surface area contributed by atoms with E-state index in [4.69, 9.17) is 4.52 Å². The molecule has 3 aromatic rings. The van der Waals surface area contributed by atoms with Crippen molar-refractivity contribution in [3.8, 4) is 0 Å². The normalized spacial score (nSPS) is 14.8. The minimum atomic E-state index is -0.0813. The van der Waals surface area contributed by atoms with E-state index >= 15 is 0 Å². The van der Waals surface area contributed by atoms with Crippen LogP contribution in [0.1, 0.15) is 41.5 Å². The van der Waals surface area contributed by atoms with Gasteiger partial charge < -0.3 is 9.84 Å². The van der Waals surface area contributed by atoms with E-state index in [0.717, 1.165) is 29.5 Å². The Morgan fingerprint density at radius 1 is 1.30 bits per heavy atom. The summed E-state index contributed by atoms with van der Waals surface area (Å²) in [7, 11) is 0. The van der Waals surface area contributed by atoms with Gasteiger partial charge in [0.25, 0.3) is 5.91 Å². The van der Waals surface area contributed by atoms with Crippen LogP contribution in [-0.2, 0) is 6.42 Å². The molecule has 1 aliphatic rings. The maximum absolute atomic E-state index is 12.3. The highest BCUT2D eigenvalue weighted by Crippen LogP contribution is 2.31. The zero-order valence-electron chi connectivity index (χ0n) is 12.7. The number of nitrogens with one attached hydrogen (secondary N) is 1. The molecule has 0 spiro atoms. The third-order valence-corrected chi connectivity index (χ3v) is 4.42. The molecular weight excluding hydrogens is 292 g/mol. The van der Waals surface area contributed by atoms with Crippen LogP contribution in [0, 0.1) is 0 Å². The van der Waals surface area contributed by atoms with Gasteiger partial charge in [0.15, 0.2) is 5.58 Å². The number of hydrogen-bond acceptors (Lipinski definition) is 4. The highest BCUT2D eigenvalue weighted by molar-refractivity contribution is 5.92. The van der Waals surface area contributed by atoms with Crippen LogP contribution >= 0.6 is 0 Å². The quantitative estimate of drug-likeness (QED) is 0.786. The smallest absolute Gasteiger partial charge is 0.269 e. The van der Waals surface area contributed by atoms with E-state index in [1.807, 2.05) is 28.9 Å². The third-order valence-electron chi connectivity index (χ3n) is 4.42. The predicted octanol–water partition coefficient (Wildman–Crippen LogP) is 2.72. The standard InChI is InChI=1S/C17H18N4O2/c22-17(15-9-11-19-21(15)12-4-3-5-12)18-10-8-14-13-6-1-2-7-16(13)23-20-14/h1-2,6-7,9,11-12H,3-5,8,10H2,(H,18,22). The second kappa shape index (κ2) is 5.87. The first kappa shape index (κ1) is 14.0. The van der Waals surface area contributed by atoms with Gasteiger partial charge in [0.1, 0.15) is 5.69 Å². The average molecular weight is 310 g/mol. The fourth-order valence-corrected chi connectivity index (χ4v) is 2.92. The Balaban J connectivity index is 1.39. The van der Waals surface area contributed by atoms with Crippen LogP contribution < -0.4 is 5.32 Å². The van der Waals surface area contributed by atoms with Crippen LogP contribution in [0.15, 0.2) is 41.1 Å². The van der Waals surface area contributed by atoms with Crippen molar-refractivity contribution in [2.45, 2.75) is 31.7 Å². The molecule has 0 bridgehead atoms. The van der Waals surface area contributed by atoms with Crippen molar-refractivity contribution in [3.63, 3.8) is 0 Å². The van der Waals surface area contributed by atoms with Crippen LogP contribution in [-0.4, -0.2) is 27.4 Å². The van der Waals surface area contributed by atoms with Crippen LogP contribution in [0.3, 0.4) is 0 Å². The number of fused-ring (bicyclic) bond motifs is 1. The lowest BCUT2D eigenvalue weighted by Gasteiger charge is -2.27. The first-order valence-corrected chi connectivity index (χ1v) is 7.98. The molecule has 1 aliphatic carbocycles. The van der Waals surface area contributed by atoms with Gasteiger partial charge in [-0.3, -0.25) is 9.48 Å². The molecule has 6 nitrogen and oxygen atoms in total. The zero-order chi connectivity index (χ0) is 15.6. The Bertz CT molecular complexity index is 832. The minimum absolute atomic E-state index is 0.0813. The van der Waals surface area contributed by atoms with Gasteiger partial charge >= 0.3 is 0 Å². The number of rotatable bonds is 5. The van der Waals surface area contributed by atoms with Crippen molar-refractivity contribution in [2.24, 2.45) is 0 Å². The molecule has 1 saturated carbocycles. The van der Waals surface area contributed by atoms with Gasteiger partial charge in [-0.2, -0.15) is 5.10 Å². The molecule has 0 unspecified atom stereocenters. The van der Waals surface area contributed by atoms with E-state index < -0.39 is 0 Å². The molecule has 1 aromatic carbocycles. The molecule has 23 heavy (non-hydrogen) atoms. The molecule has 1 amide bonds. The highest BCUT2D eigenvalue weighted by Gasteiger charge is 2.24.